The molecule has 1 saturated heterocycles. The summed E-state index contributed by atoms with van der Waals surface area (Å²) in [5.74, 6) is -0.726. The molecular weight excluding hydrogens is 434 g/mol. The Morgan fingerprint density at radius 2 is 2.14 bits per heavy atom. The number of aromatic amines is 1. The molecule has 0 saturated carbocycles. The fourth-order valence-electron chi connectivity index (χ4n) is 2.92. The monoisotopic (exact) mass is 449 g/mol. The summed E-state index contributed by atoms with van der Waals surface area (Å²) in [5, 5.41) is 18.5. The Bertz CT molecular complexity index is 967. The minimum Gasteiger partial charge on any atom is -0.477 e. The number of carboxylic acids is 1. The van der Waals surface area contributed by atoms with E-state index in [4.69, 9.17) is 0 Å². The molecule has 0 spiro atoms. The van der Waals surface area contributed by atoms with Crippen LogP contribution in [0.3, 0.4) is 0 Å². The number of nitrogens with zero attached hydrogens (tertiary/aromatic N) is 3. The molecule has 0 unspecified atom stereocenters. The Hall–Kier alpha value is -2.44. The first kappa shape index (κ1) is 19.9. The lowest BCUT2D eigenvalue weighted by Gasteiger charge is -2.49. The Morgan fingerprint density at radius 3 is 2.83 bits per heavy atom. The predicted molar refractivity (Wildman–Crippen MR) is 110 cm³/mol. The van der Waals surface area contributed by atoms with Crippen LogP contribution >= 0.6 is 35.3 Å². The molecule has 12 heteroatoms. The molecule has 2 aliphatic rings. The van der Waals surface area contributed by atoms with Gasteiger partial charge in [0.1, 0.15) is 23.4 Å². The van der Waals surface area contributed by atoms with E-state index in [1.54, 1.807) is 0 Å². The van der Waals surface area contributed by atoms with E-state index in [9.17, 15) is 19.5 Å². The van der Waals surface area contributed by atoms with E-state index < -0.39 is 23.3 Å². The summed E-state index contributed by atoms with van der Waals surface area (Å²) in [6, 6.07) is 8.80. The molecule has 0 aliphatic carbocycles. The first-order chi connectivity index (χ1) is 14.0. The molecule has 2 amide bonds. The standard InChI is InChI=1S/C17H15N5O4S3/c23-13-11(20-17(26)28-6-9-4-2-1-3-5-9)14-22(13)12(15(24)25)10(7-27-14)29-16-18-8-19-21-16/h1-5,8,11,14H,6-7H2,(H,20,26)(H,24,25)(H,18,19,21)/t11-,14-/m1/s1. The van der Waals surface area contributed by atoms with Gasteiger partial charge in [0.25, 0.3) is 11.1 Å². The third-order valence-corrected chi connectivity index (χ3v) is 7.53. The van der Waals surface area contributed by atoms with Crippen molar-refractivity contribution in [2.24, 2.45) is 0 Å². The number of carbonyl (C=O) groups is 3. The van der Waals surface area contributed by atoms with Crippen LogP contribution in [0.5, 0.6) is 0 Å². The molecule has 3 heterocycles. The molecular formula is C17H15N5O4S3. The van der Waals surface area contributed by atoms with Crippen LogP contribution in [-0.2, 0) is 15.3 Å². The topological polar surface area (TPSA) is 128 Å². The predicted octanol–water partition coefficient (Wildman–Crippen LogP) is 2.12. The van der Waals surface area contributed by atoms with Gasteiger partial charge in [-0.25, -0.2) is 9.78 Å². The molecule has 4 rings (SSSR count). The van der Waals surface area contributed by atoms with E-state index in [1.807, 2.05) is 30.3 Å². The molecule has 2 atom stereocenters. The summed E-state index contributed by atoms with van der Waals surface area (Å²) in [7, 11) is 0. The van der Waals surface area contributed by atoms with E-state index in [2.05, 4.69) is 20.5 Å². The van der Waals surface area contributed by atoms with Crippen molar-refractivity contribution in [2.75, 3.05) is 5.75 Å². The Balaban J connectivity index is 1.41. The second-order valence-electron chi connectivity index (χ2n) is 6.06. The number of aliphatic carboxylic acids is 1. The summed E-state index contributed by atoms with van der Waals surface area (Å²) >= 11 is 3.62. The van der Waals surface area contributed by atoms with Crippen molar-refractivity contribution < 1.29 is 19.5 Å². The zero-order valence-electron chi connectivity index (χ0n) is 14.8. The number of rotatable bonds is 6. The van der Waals surface area contributed by atoms with Gasteiger partial charge in [0.05, 0.1) is 0 Å². The highest BCUT2D eigenvalue weighted by Gasteiger charge is 2.54. The van der Waals surface area contributed by atoms with Crippen LogP contribution in [0, 0.1) is 0 Å². The number of carboxylic acid groups (broad SMARTS) is 1. The van der Waals surface area contributed by atoms with Crippen molar-refractivity contribution in [3.63, 3.8) is 0 Å². The number of H-pyrrole nitrogens is 1. The minimum absolute atomic E-state index is 0.0670. The van der Waals surface area contributed by atoms with Crippen molar-refractivity contribution in [2.45, 2.75) is 22.3 Å². The second kappa shape index (κ2) is 8.51. The van der Waals surface area contributed by atoms with Gasteiger partial charge in [0.2, 0.25) is 0 Å². The molecule has 29 heavy (non-hydrogen) atoms. The van der Waals surface area contributed by atoms with Gasteiger partial charge < -0.3 is 10.4 Å². The zero-order valence-corrected chi connectivity index (χ0v) is 17.2. The van der Waals surface area contributed by atoms with Crippen LogP contribution < -0.4 is 5.32 Å². The smallest absolute Gasteiger partial charge is 0.353 e. The van der Waals surface area contributed by atoms with Crippen LogP contribution in [0.15, 0.2) is 52.4 Å². The molecule has 9 nitrogen and oxygen atoms in total. The number of aromatic nitrogens is 3. The molecule has 150 valence electrons. The summed E-state index contributed by atoms with van der Waals surface area (Å²) in [5.41, 5.74) is 0.939. The highest BCUT2D eigenvalue weighted by Crippen LogP contribution is 2.44. The second-order valence-corrected chi connectivity index (χ2v) is 9.20. The summed E-state index contributed by atoms with van der Waals surface area (Å²) in [6.07, 6.45) is 1.33. The average Bonchev–Trinajstić information content (AvgIpc) is 3.23. The van der Waals surface area contributed by atoms with Gasteiger partial charge >= 0.3 is 5.97 Å². The maximum Gasteiger partial charge on any atom is 0.353 e. The largest absolute Gasteiger partial charge is 0.477 e. The van der Waals surface area contributed by atoms with Crippen molar-refractivity contribution >= 4 is 52.4 Å². The third kappa shape index (κ3) is 4.14. The number of hydrogen-bond donors (Lipinski definition) is 3. The van der Waals surface area contributed by atoms with Gasteiger partial charge in [0.15, 0.2) is 5.16 Å². The summed E-state index contributed by atoms with van der Waals surface area (Å²) in [6.45, 7) is 0. The third-order valence-electron chi connectivity index (χ3n) is 4.23. The lowest BCUT2D eigenvalue weighted by Crippen LogP contribution is -2.70. The zero-order chi connectivity index (χ0) is 20.4. The molecule has 3 N–H and O–H groups in total. The van der Waals surface area contributed by atoms with Gasteiger partial charge in [-0.3, -0.25) is 19.6 Å². The van der Waals surface area contributed by atoms with Crippen LogP contribution in [0.1, 0.15) is 5.56 Å². The first-order valence-electron chi connectivity index (χ1n) is 8.46. The normalized spacial score (nSPS) is 20.8. The van der Waals surface area contributed by atoms with Crippen LogP contribution in [0.25, 0.3) is 0 Å². The van der Waals surface area contributed by atoms with Gasteiger partial charge in [0, 0.05) is 16.4 Å². The number of nitrogens with one attached hydrogen (secondary N) is 2. The number of hydrogen-bond acceptors (Lipinski definition) is 8. The average molecular weight is 450 g/mol. The SMILES string of the molecule is O=C(N[C@@H]1C(=O)N2C(C(=O)O)=C(Sc3ncn[nH]3)CS[C@H]12)SCc1ccccc1. The molecule has 2 aromatic rings. The number of amides is 2. The van der Waals surface area contributed by atoms with Crippen LogP contribution in [0.2, 0.25) is 0 Å². The van der Waals surface area contributed by atoms with Crippen molar-refractivity contribution in [1.29, 1.82) is 0 Å². The van der Waals surface area contributed by atoms with Crippen molar-refractivity contribution in [3.8, 4) is 0 Å². The van der Waals surface area contributed by atoms with Gasteiger partial charge in [-0.15, -0.1) is 11.8 Å². The Labute approximate surface area is 178 Å². The molecule has 1 aromatic carbocycles. The maximum atomic E-state index is 12.6. The number of fused-ring (bicyclic) bond motifs is 1. The number of benzene rings is 1. The molecule has 0 radical (unpaired) electrons. The summed E-state index contributed by atoms with van der Waals surface area (Å²) in [4.78, 5) is 42.4. The highest BCUT2D eigenvalue weighted by molar-refractivity contribution is 8.12. The number of thioether (sulfide) groups is 3. The fourth-order valence-corrected chi connectivity index (χ4v) is 5.97. The van der Waals surface area contributed by atoms with Gasteiger partial charge in [-0.05, 0) is 5.56 Å². The first-order valence-corrected chi connectivity index (χ1v) is 11.3. The van der Waals surface area contributed by atoms with E-state index in [0.29, 0.717) is 21.6 Å². The lowest BCUT2D eigenvalue weighted by atomic mass is 10.1. The lowest BCUT2D eigenvalue weighted by molar-refractivity contribution is -0.148. The van der Waals surface area contributed by atoms with Crippen molar-refractivity contribution in [1.82, 2.24) is 25.4 Å². The molecule has 1 aromatic heterocycles. The van der Waals surface area contributed by atoms with Crippen molar-refractivity contribution in [3.05, 3.63) is 52.8 Å². The molecule has 0 bridgehead atoms. The summed E-state index contributed by atoms with van der Waals surface area (Å²) < 4.78 is 0. The van der Waals surface area contributed by atoms with E-state index in [-0.39, 0.29) is 10.9 Å². The highest BCUT2D eigenvalue weighted by atomic mass is 32.2. The van der Waals surface area contributed by atoms with Gasteiger partial charge in [-0.2, -0.15) is 5.10 Å². The number of β-lactam (4-membered cyclic amide) rings is 1. The van der Waals surface area contributed by atoms with Crippen LogP contribution in [0.4, 0.5) is 4.79 Å². The van der Waals surface area contributed by atoms with Crippen LogP contribution in [-0.4, -0.2) is 59.5 Å². The van der Waals surface area contributed by atoms with Gasteiger partial charge in [-0.1, -0.05) is 53.9 Å². The Morgan fingerprint density at radius 1 is 1.34 bits per heavy atom. The maximum absolute atomic E-state index is 12.6. The van der Waals surface area contributed by atoms with E-state index >= 15 is 0 Å². The Kier molecular flexibility index (Phi) is 5.83. The van der Waals surface area contributed by atoms with E-state index in [0.717, 1.165) is 29.1 Å². The van der Waals surface area contributed by atoms with E-state index in [1.165, 1.54) is 23.0 Å². The number of carbonyl (C=O) groups excluding carboxylic acids is 2. The fraction of sp³-hybridized carbons (Fsp3) is 0.235. The minimum atomic E-state index is -1.19. The molecule has 2 aliphatic heterocycles. The molecule has 1 fully saturated rings. The quantitative estimate of drug-likeness (QED) is 0.568.